The van der Waals surface area contributed by atoms with Crippen molar-refractivity contribution in [3.05, 3.63) is 65.7 Å². The van der Waals surface area contributed by atoms with E-state index in [9.17, 15) is 17.6 Å². The van der Waals surface area contributed by atoms with Gasteiger partial charge in [-0.05, 0) is 42.3 Å². The summed E-state index contributed by atoms with van der Waals surface area (Å²) in [7, 11) is -3.33. The largest absolute Gasteiger partial charge is 0.377 e. The minimum Gasteiger partial charge on any atom is -0.377 e. The lowest BCUT2D eigenvalue weighted by atomic mass is 10.0. The Hall–Kier alpha value is -3.83. The SMILES string of the molecule is Cc1c[nH]c2c(F)ccc(-c3ncc4c(n3)N3CCOCC3C(=O)N4Cc3ccc(S(C)(=O)=O)cc3)c12. The summed E-state index contributed by atoms with van der Waals surface area (Å²) in [4.78, 5) is 29.8. The number of rotatable bonds is 4. The van der Waals surface area contributed by atoms with Crippen LogP contribution in [0.4, 0.5) is 15.9 Å². The van der Waals surface area contributed by atoms with Gasteiger partial charge in [0.05, 0.1) is 36.4 Å². The fraction of sp³-hybridized carbons (Fsp3) is 0.269. The number of amides is 1. The van der Waals surface area contributed by atoms with Gasteiger partial charge >= 0.3 is 0 Å². The summed E-state index contributed by atoms with van der Waals surface area (Å²) < 4.78 is 43.7. The van der Waals surface area contributed by atoms with Crippen molar-refractivity contribution in [3.8, 4) is 11.4 Å². The fourth-order valence-electron chi connectivity index (χ4n) is 5.01. The van der Waals surface area contributed by atoms with Crippen LogP contribution in [0, 0.1) is 12.7 Å². The first-order chi connectivity index (χ1) is 17.7. The summed E-state index contributed by atoms with van der Waals surface area (Å²) in [6, 6.07) is 9.00. The molecular weight excluding hydrogens is 497 g/mol. The molecule has 2 aliphatic rings. The number of ether oxygens (including phenoxy) is 1. The molecule has 1 N–H and O–H groups in total. The molecule has 4 aromatic rings. The van der Waals surface area contributed by atoms with Gasteiger partial charge < -0.3 is 19.5 Å². The van der Waals surface area contributed by atoms with Crippen LogP contribution < -0.4 is 9.80 Å². The van der Waals surface area contributed by atoms with Crippen LogP contribution in [0.15, 0.2) is 53.7 Å². The molecule has 0 aliphatic carbocycles. The normalized spacial score (nSPS) is 17.7. The highest BCUT2D eigenvalue weighted by Gasteiger charge is 2.41. The maximum Gasteiger partial charge on any atom is 0.252 e. The number of aromatic amines is 1. The molecule has 0 bridgehead atoms. The Morgan fingerprint density at radius 1 is 1.19 bits per heavy atom. The van der Waals surface area contributed by atoms with Gasteiger partial charge in [-0.1, -0.05) is 12.1 Å². The number of morpholine rings is 1. The highest BCUT2D eigenvalue weighted by molar-refractivity contribution is 7.90. The number of nitrogens with zero attached hydrogens (tertiary/aromatic N) is 4. The number of aromatic nitrogens is 3. The predicted octanol–water partition coefficient (Wildman–Crippen LogP) is 3.23. The first kappa shape index (κ1) is 23.6. The lowest BCUT2D eigenvalue weighted by Gasteiger charge is -2.44. The maximum atomic E-state index is 14.4. The van der Waals surface area contributed by atoms with E-state index in [2.05, 4.69) is 9.97 Å². The Morgan fingerprint density at radius 3 is 2.73 bits per heavy atom. The van der Waals surface area contributed by atoms with Crippen LogP contribution in [-0.2, 0) is 25.9 Å². The highest BCUT2D eigenvalue weighted by atomic mass is 32.2. The van der Waals surface area contributed by atoms with Crippen molar-refractivity contribution in [2.75, 3.05) is 35.8 Å². The van der Waals surface area contributed by atoms with E-state index in [1.165, 1.54) is 18.2 Å². The molecule has 6 rings (SSSR count). The van der Waals surface area contributed by atoms with Gasteiger partial charge in [-0.15, -0.1) is 0 Å². The fourth-order valence-corrected chi connectivity index (χ4v) is 5.64. The number of hydrogen-bond acceptors (Lipinski definition) is 7. The Morgan fingerprint density at radius 2 is 1.97 bits per heavy atom. The van der Waals surface area contributed by atoms with Crippen LogP contribution in [0.5, 0.6) is 0 Å². The molecule has 4 heterocycles. The predicted molar refractivity (Wildman–Crippen MR) is 137 cm³/mol. The van der Waals surface area contributed by atoms with E-state index in [-0.39, 0.29) is 29.8 Å². The molecule has 0 saturated carbocycles. The Bertz CT molecular complexity index is 1650. The molecule has 190 valence electrons. The number of halogens is 1. The summed E-state index contributed by atoms with van der Waals surface area (Å²) in [5.41, 5.74) is 3.30. The number of fused-ring (bicyclic) bond motifs is 4. The van der Waals surface area contributed by atoms with Gasteiger partial charge in [-0.3, -0.25) is 4.79 Å². The van der Waals surface area contributed by atoms with Crippen molar-refractivity contribution in [3.63, 3.8) is 0 Å². The van der Waals surface area contributed by atoms with Gasteiger partial charge in [-0.25, -0.2) is 22.8 Å². The molecule has 2 aromatic carbocycles. The van der Waals surface area contributed by atoms with E-state index < -0.39 is 15.9 Å². The van der Waals surface area contributed by atoms with Gasteiger partial charge in [-0.2, -0.15) is 0 Å². The molecule has 2 aromatic heterocycles. The number of nitrogens with one attached hydrogen (secondary N) is 1. The van der Waals surface area contributed by atoms with Gasteiger partial charge in [0.2, 0.25) is 0 Å². The number of hydrogen-bond donors (Lipinski definition) is 1. The molecule has 1 unspecified atom stereocenters. The zero-order valence-corrected chi connectivity index (χ0v) is 21.0. The Balaban J connectivity index is 1.44. The van der Waals surface area contributed by atoms with Gasteiger partial charge in [0.1, 0.15) is 17.5 Å². The standard InChI is InChI=1S/C26H24FN5O4S/c1-15-11-28-23-19(27)8-7-18(22(15)23)24-29-12-20-25(30-24)31-9-10-36-14-21(31)26(33)32(20)13-16-3-5-17(6-4-16)37(2,34)35/h3-8,11-12,21,28H,9-10,13-14H2,1-2H3. The monoisotopic (exact) mass is 521 g/mol. The Kier molecular flexibility index (Phi) is 5.50. The summed E-state index contributed by atoms with van der Waals surface area (Å²) in [6.45, 7) is 3.32. The second kappa shape index (κ2) is 8.63. The minimum absolute atomic E-state index is 0.138. The van der Waals surface area contributed by atoms with Gasteiger partial charge in [0.25, 0.3) is 5.91 Å². The summed E-state index contributed by atoms with van der Waals surface area (Å²) in [6.07, 6.45) is 4.54. The smallest absolute Gasteiger partial charge is 0.252 e. The molecule has 37 heavy (non-hydrogen) atoms. The molecule has 1 fully saturated rings. The Labute approximate surface area is 212 Å². The number of carbonyl (C=O) groups is 1. The van der Waals surface area contributed by atoms with Crippen molar-refractivity contribution >= 4 is 38.2 Å². The van der Waals surface area contributed by atoms with Crippen molar-refractivity contribution in [2.45, 2.75) is 24.4 Å². The molecule has 11 heteroatoms. The number of anilines is 2. The molecular formula is C26H24FN5O4S. The van der Waals surface area contributed by atoms with E-state index in [1.807, 2.05) is 11.8 Å². The molecule has 1 atom stereocenters. The van der Waals surface area contributed by atoms with E-state index in [0.717, 1.165) is 17.4 Å². The first-order valence-electron chi connectivity index (χ1n) is 11.8. The van der Waals surface area contributed by atoms with E-state index >= 15 is 0 Å². The lowest BCUT2D eigenvalue weighted by Crippen LogP contribution is -2.58. The van der Waals surface area contributed by atoms with Crippen LogP contribution in [0.3, 0.4) is 0 Å². The van der Waals surface area contributed by atoms with E-state index in [0.29, 0.717) is 46.9 Å². The van der Waals surface area contributed by atoms with E-state index in [1.54, 1.807) is 35.5 Å². The van der Waals surface area contributed by atoms with Crippen molar-refractivity contribution in [1.82, 2.24) is 15.0 Å². The summed E-state index contributed by atoms with van der Waals surface area (Å²) in [5.74, 6) is 0.554. The van der Waals surface area contributed by atoms with E-state index in [4.69, 9.17) is 9.72 Å². The number of carbonyl (C=O) groups excluding carboxylic acids is 1. The maximum absolute atomic E-state index is 14.4. The zero-order chi connectivity index (χ0) is 25.9. The average Bonchev–Trinajstić information content (AvgIpc) is 3.29. The molecule has 1 amide bonds. The molecule has 9 nitrogen and oxygen atoms in total. The quantitative estimate of drug-likeness (QED) is 0.439. The second-order valence-electron chi connectivity index (χ2n) is 9.34. The van der Waals surface area contributed by atoms with Crippen molar-refractivity contribution in [2.24, 2.45) is 0 Å². The number of H-pyrrole nitrogens is 1. The van der Waals surface area contributed by atoms with Gasteiger partial charge in [0, 0.05) is 29.9 Å². The lowest BCUT2D eigenvalue weighted by molar-refractivity contribution is -0.122. The first-order valence-corrected chi connectivity index (χ1v) is 13.7. The number of aryl methyl sites for hydroxylation is 1. The third-order valence-corrected chi connectivity index (χ3v) is 8.04. The topological polar surface area (TPSA) is 108 Å². The van der Waals surface area contributed by atoms with Crippen LogP contribution in [0.2, 0.25) is 0 Å². The molecule has 1 saturated heterocycles. The number of benzene rings is 2. The number of sulfone groups is 1. The van der Waals surface area contributed by atoms with Crippen molar-refractivity contribution in [1.29, 1.82) is 0 Å². The average molecular weight is 522 g/mol. The van der Waals surface area contributed by atoms with Crippen LogP contribution in [-0.4, -0.2) is 61.3 Å². The summed E-state index contributed by atoms with van der Waals surface area (Å²) >= 11 is 0. The third kappa shape index (κ3) is 3.94. The second-order valence-corrected chi connectivity index (χ2v) is 11.4. The molecule has 2 aliphatic heterocycles. The third-order valence-electron chi connectivity index (χ3n) is 6.91. The molecule has 0 radical (unpaired) electrons. The van der Waals surface area contributed by atoms with Crippen LogP contribution in [0.1, 0.15) is 11.1 Å². The van der Waals surface area contributed by atoms with Crippen LogP contribution in [0.25, 0.3) is 22.3 Å². The summed E-state index contributed by atoms with van der Waals surface area (Å²) in [5, 5.41) is 0.716. The van der Waals surface area contributed by atoms with Gasteiger partial charge in [0.15, 0.2) is 21.5 Å². The minimum atomic E-state index is -3.33. The molecule has 0 spiro atoms. The van der Waals surface area contributed by atoms with Crippen molar-refractivity contribution < 1.29 is 22.3 Å². The zero-order valence-electron chi connectivity index (χ0n) is 20.2. The highest BCUT2D eigenvalue weighted by Crippen LogP contribution is 2.39. The van der Waals surface area contributed by atoms with Crippen LogP contribution >= 0.6 is 0 Å².